The molecule has 1 aliphatic rings. The zero-order valence-corrected chi connectivity index (χ0v) is 11.9. The van der Waals surface area contributed by atoms with Gasteiger partial charge in [0.25, 0.3) is 5.56 Å². The highest BCUT2D eigenvalue weighted by Crippen LogP contribution is 2.09. The summed E-state index contributed by atoms with van der Waals surface area (Å²) in [7, 11) is 0. The third-order valence-corrected chi connectivity index (χ3v) is 3.62. The molecule has 0 saturated heterocycles. The van der Waals surface area contributed by atoms with E-state index in [4.69, 9.17) is 4.74 Å². The van der Waals surface area contributed by atoms with Gasteiger partial charge < -0.3 is 10.1 Å². The molecule has 2 aromatic rings. The normalized spacial score (nSPS) is 13.7. The van der Waals surface area contributed by atoms with Crippen molar-refractivity contribution in [2.75, 3.05) is 13.2 Å². The summed E-state index contributed by atoms with van der Waals surface area (Å²) in [5.41, 5.74) is 1.85. The van der Waals surface area contributed by atoms with E-state index in [0.29, 0.717) is 19.7 Å². The smallest absolute Gasteiger partial charge is 0.256 e. The number of aromatic nitrogens is 2. The highest BCUT2D eigenvalue weighted by Gasteiger charge is 2.14. The number of rotatable bonds is 5. The van der Waals surface area contributed by atoms with E-state index in [1.807, 2.05) is 30.3 Å². The van der Waals surface area contributed by atoms with Crippen LogP contribution in [-0.2, 0) is 19.5 Å². The highest BCUT2D eigenvalue weighted by molar-refractivity contribution is 5.21. The lowest BCUT2D eigenvalue weighted by atomic mass is 10.1. The van der Waals surface area contributed by atoms with Gasteiger partial charge in [-0.3, -0.25) is 9.36 Å². The minimum Gasteiger partial charge on any atom is -0.494 e. The number of aryl methyl sites for hydroxylation is 1. The van der Waals surface area contributed by atoms with Crippen LogP contribution in [0.2, 0.25) is 0 Å². The maximum atomic E-state index is 12.3. The number of fused-ring (bicyclic) bond motifs is 1. The van der Waals surface area contributed by atoms with E-state index in [1.54, 1.807) is 10.9 Å². The molecule has 0 saturated carbocycles. The number of para-hydroxylation sites is 1. The van der Waals surface area contributed by atoms with Crippen LogP contribution in [0, 0.1) is 0 Å². The van der Waals surface area contributed by atoms with E-state index in [1.165, 1.54) is 0 Å². The van der Waals surface area contributed by atoms with Gasteiger partial charge in [0.2, 0.25) is 0 Å². The van der Waals surface area contributed by atoms with Crippen LogP contribution < -0.4 is 15.6 Å². The van der Waals surface area contributed by atoms with Crippen molar-refractivity contribution in [3.8, 4) is 5.75 Å². The monoisotopic (exact) mass is 285 g/mol. The second kappa shape index (κ2) is 6.54. The Labute approximate surface area is 123 Å². The zero-order valence-electron chi connectivity index (χ0n) is 11.9. The lowest BCUT2D eigenvalue weighted by Gasteiger charge is -2.16. The Hall–Kier alpha value is -2.14. The Balaban J connectivity index is 1.57. The first-order valence-electron chi connectivity index (χ1n) is 7.30. The van der Waals surface area contributed by atoms with E-state index in [9.17, 15) is 4.79 Å². The Bertz CT molecular complexity index is 652. The third-order valence-electron chi connectivity index (χ3n) is 3.62. The SMILES string of the molecule is O=c1c2c(ncn1CCCOc1ccccc1)CNCC2. The number of ether oxygens (including phenoxy) is 1. The van der Waals surface area contributed by atoms with E-state index in [2.05, 4.69) is 10.3 Å². The standard InChI is InChI=1S/C16H19N3O2/c20-16-14-7-8-17-11-15(14)18-12-19(16)9-4-10-21-13-5-2-1-3-6-13/h1-3,5-6,12,17H,4,7-11H2. The van der Waals surface area contributed by atoms with Crippen LogP contribution >= 0.6 is 0 Å². The Kier molecular flexibility index (Phi) is 4.31. The molecule has 1 aromatic heterocycles. The summed E-state index contributed by atoms with van der Waals surface area (Å²) in [6.07, 6.45) is 3.20. The van der Waals surface area contributed by atoms with E-state index < -0.39 is 0 Å². The van der Waals surface area contributed by atoms with E-state index in [0.717, 1.165) is 36.4 Å². The number of nitrogens with zero attached hydrogens (tertiary/aromatic N) is 2. The molecular weight excluding hydrogens is 266 g/mol. The largest absolute Gasteiger partial charge is 0.494 e. The van der Waals surface area contributed by atoms with Crippen LogP contribution in [0.25, 0.3) is 0 Å². The maximum absolute atomic E-state index is 12.3. The van der Waals surface area contributed by atoms with E-state index >= 15 is 0 Å². The lowest BCUT2D eigenvalue weighted by Crippen LogP contribution is -2.34. The molecule has 2 heterocycles. The minimum atomic E-state index is 0.0983. The lowest BCUT2D eigenvalue weighted by molar-refractivity contribution is 0.300. The van der Waals surface area contributed by atoms with Crippen molar-refractivity contribution < 1.29 is 4.74 Å². The molecule has 0 fully saturated rings. The van der Waals surface area contributed by atoms with Crippen molar-refractivity contribution in [1.82, 2.24) is 14.9 Å². The second-order valence-electron chi connectivity index (χ2n) is 5.11. The van der Waals surface area contributed by atoms with Crippen LogP contribution in [0.15, 0.2) is 41.5 Å². The van der Waals surface area contributed by atoms with Crippen LogP contribution in [-0.4, -0.2) is 22.7 Å². The van der Waals surface area contributed by atoms with Crippen molar-refractivity contribution >= 4 is 0 Å². The van der Waals surface area contributed by atoms with Crippen molar-refractivity contribution in [3.63, 3.8) is 0 Å². The first-order chi connectivity index (χ1) is 10.3. The average Bonchev–Trinajstić information content (AvgIpc) is 2.55. The molecule has 1 N–H and O–H groups in total. The molecule has 0 bridgehead atoms. The Morgan fingerprint density at radius 1 is 1.29 bits per heavy atom. The molecule has 0 radical (unpaired) electrons. The van der Waals surface area contributed by atoms with Gasteiger partial charge in [0.15, 0.2) is 0 Å². The van der Waals surface area contributed by atoms with Crippen LogP contribution in [0.4, 0.5) is 0 Å². The summed E-state index contributed by atoms with van der Waals surface area (Å²) in [5, 5.41) is 3.23. The summed E-state index contributed by atoms with van der Waals surface area (Å²) in [4.78, 5) is 16.7. The van der Waals surface area contributed by atoms with Crippen molar-refractivity contribution in [1.29, 1.82) is 0 Å². The van der Waals surface area contributed by atoms with Gasteiger partial charge in [-0.2, -0.15) is 0 Å². The molecule has 5 heteroatoms. The predicted molar refractivity (Wildman–Crippen MR) is 80.5 cm³/mol. The fourth-order valence-corrected chi connectivity index (χ4v) is 2.49. The molecule has 0 aliphatic carbocycles. The van der Waals surface area contributed by atoms with Gasteiger partial charge in [0, 0.05) is 18.7 Å². The van der Waals surface area contributed by atoms with Crippen LogP contribution in [0.5, 0.6) is 5.75 Å². The molecule has 110 valence electrons. The average molecular weight is 285 g/mol. The molecule has 1 aromatic carbocycles. The first kappa shape index (κ1) is 13.8. The summed E-state index contributed by atoms with van der Waals surface area (Å²) >= 11 is 0. The predicted octanol–water partition coefficient (Wildman–Crippen LogP) is 1.36. The topological polar surface area (TPSA) is 56.2 Å². The van der Waals surface area contributed by atoms with Gasteiger partial charge in [-0.1, -0.05) is 18.2 Å². The molecule has 0 amide bonds. The zero-order chi connectivity index (χ0) is 14.5. The summed E-state index contributed by atoms with van der Waals surface area (Å²) < 4.78 is 7.33. The molecule has 0 spiro atoms. The maximum Gasteiger partial charge on any atom is 0.256 e. The molecule has 0 atom stereocenters. The van der Waals surface area contributed by atoms with Gasteiger partial charge in [0.05, 0.1) is 18.6 Å². The number of hydrogen-bond acceptors (Lipinski definition) is 4. The number of benzene rings is 1. The van der Waals surface area contributed by atoms with Crippen molar-refractivity contribution in [2.45, 2.75) is 25.9 Å². The quantitative estimate of drug-likeness (QED) is 0.843. The molecule has 5 nitrogen and oxygen atoms in total. The fourth-order valence-electron chi connectivity index (χ4n) is 2.49. The van der Waals surface area contributed by atoms with Gasteiger partial charge in [-0.25, -0.2) is 4.98 Å². The number of hydrogen-bond donors (Lipinski definition) is 1. The van der Waals surface area contributed by atoms with E-state index in [-0.39, 0.29) is 5.56 Å². The molecule has 0 unspecified atom stereocenters. The van der Waals surface area contributed by atoms with Crippen LogP contribution in [0.1, 0.15) is 17.7 Å². The van der Waals surface area contributed by atoms with Crippen molar-refractivity contribution in [2.24, 2.45) is 0 Å². The minimum absolute atomic E-state index is 0.0983. The van der Waals surface area contributed by atoms with Crippen LogP contribution in [0.3, 0.4) is 0 Å². The van der Waals surface area contributed by atoms with Gasteiger partial charge >= 0.3 is 0 Å². The molecule has 1 aliphatic heterocycles. The highest BCUT2D eigenvalue weighted by atomic mass is 16.5. The molecule has 21 heavy (non-hydrogen) atoms. The summed E-state index contributed by atoms with van der Waals surface area (Å²) in [5.74, 6) is 0.861. The van der Waals surface area contributed by atoms with Gasteiger partial charge in [-0.05, 0) is 31.5 Å². The fraction of sp³-hybridized carbons (Fsp3) is 0.375. The summed E-state index contributed by atoms with van der Waals surface area (Å²) in [6.45, 7) is 2.78. The Morgan fingerprint density at radius 2 is 2.14 bits per heavy atom. The van der Waals surface area contributed by atoms with Crippen molar-refractivity contribution in [3.05, 3.63) is 58.3 Å². The Morgan fingerprint density at radius 3 is 3.00 bits per heavy atom. The molecule has 3 rings (SSSR count). The van der Waals surface area contributed by atoms with Gasteiger partial charge in [-0.15, -0.1) is 0 Å². The molecular formula is C16H19N3O2. The number of nitrogens with one attached hydrogen (secondary N) is 1. The third kappa shape index (κ3) is 3.31. The first-order valence-corrected chi connectivity index (χ1v) is 7.30. The van der Waals surface area contributed by atoms with Gasteiger partial charge in [0.1, 0.15) is 5.75 Å². The summed E-state index contributed by atoms with van der Waals surface area (Å²) in [6, 6.07) is 9.71. The second-order valence-corrected chi connectivity index (χ2v) is 5.11.